The quantitative estimate of drug-likeness (QED) is 0.435. The molecule has 38 heavy (non-hydrogen) atoms. The maximum Gasteiger partial charge on any atom is 0.416 e. The number of amides is 1. The Morgan fingerprint density at radius 1 is 1.11 bits per heavy atom. The first-order valence-corrected chi connectivity index (χ1v) is 13.8. The average molecular weight is 548 g/mol. The zero-order valence-corrected chi connectivity index (χ0v) is 21.5. The van der Waals surface area contributed by atoms with Gasteiger partial charge in [0.05, 0.1) is 34.4 Å². The van der Waals surface area contributed by atoms with Gasteiger partial charge in [0.25, 0.3) is 5.91 Å². The van der Waals surface area contributed by atoms with Crippen molar-refractivity contribution in [2.24, 2.45) is 0 Å². The van der Waals surface area contributed by atoms with E-state index in [1.807, 2.05) is 4.90 Å². The van der Waals surface area contributed by atoms with Gasteiger partial charge >= 0.3 is 6.18 Å². The van der Waals surface area contributed by atoms with Gasteiger partial charge in [0.2, 0.25) is 0 Å². The standard InChI is InChI=1S/C27H28F3N3O4S/c1-2-38(36,37)23-10-5-19(6-11-23)24(17-34)32-26(35)20-7-12-25(31-15-20)33-14-13-21(16-33)18-3-8-22(9-4-18)27(28,29)30/h3-12,15,21,24,34H,2,13-14,16-17H2,1H3,(H,32,35)/t21?,24-/m0/s1. The fourth-order valence-electron chi connectivity index (χ4n) is 4.44. The second-order valence-corrected chi connectivity index (χ2v) is 11.4. The fourth-order valence-corrected chi connectivity index (χ4v) is 5.33. The maximum absolute atomic E-state index is 12.8. The van der Waals surface area contributed by atoms with E-state index in [0.29, 0.717) is 24.5 Å². The lowest BCUT2D eigenvalue weighted by atomic mass is 9.97. The molecule has 1 fully saturated rings. The second-order valence-electron chi connectivity index (χ2n) is 9.14. The van der Waals surface area contributed by atoms with Crippen LogP contribution < -0.4 is 10.2 Å². The van der Waals surface area contributed by atoms with Crippen LogP contribution in [-0.2, 0) is 16.0 Å². The number of rotatable bonds is 8. The van der Waals surface area contributed by atoms with Crippen molar-refractivity contribution in [2.75, 3.05) is 30.3 Å². The van der Waals surface area contributed by atoms with Gasteiger partial charge in [-0.15, -0.1) is 0 Å². The normalized spacial score (nSPS) is 16.9. The van der Waals surface area contributed by atoms with Gasteiger partial charge in [-0.1, -0.05) is 31.2 Å². The summed E-state index contributed by atoms with van der Waals surface area (Å²) in [4.78, 5) is 19.4. The molecular formula is C27H28F3N3O4S. The van der Waals surface area contributed by atoms with Crippen LogP contribution in [0.15, 0.2) is 71.8 Å². The molecule has 0 bridgehead atoms. The van der Waals surface area contributed by atoms with Crippen LogP contribution in [0.25, 0.3) is 0 Å². The summed E-state index contributed by atoms with van der Waals surface area (Å²) in [6.07, 6.45) is -2.16. The van der Waals surface area contributed by atoms with E-state index in [2.05, 4.69) is 10.3 Å². The first kappa shape index (κ1) is 27.6. The zero-order valence-electron chi connectivity index (χ0n) is 20.6. The van der Waals surface area contributed by atoms with Crippen LogP contribution in [0.3, 0.4) is 0 Å². The number of benzene rings is 2. The monoisotopic (exact) mass is 547 g/mol. The molecule has 7 nitrogen and oxygen atoms in total. The highest BCUT2D eigenvalue weighted by Gasteiger charge is 2.31. The van der Waals surface area contributed by atoms with Crippen LogP contribution in [0.5, 0.6) is 0 Å². The highest BCUT2D eigenvalue weighted by molar-refractivity contribution is 7.91. The number of alkyl halides is 3. The van der Waals surface area contributed by atoms with Gasteiger partial charge in [-0.2, -0.15) is 13.2 Å². The van der Waals surface area contributed by atoms with Crippen molar-refractivity contribution in [1.82, 2.24) is 10.3 Å². The van der Waals surface area contributed by atoms with E-state index in [0.717, 1.165) is 24.1 Å². The second kappa shape index (κ2) is 11.1. The van der Waals surface area contributed by atoms with E-state index in [9.17, 15) is 31.5 Å². The SMILES string of the molecule is CCS(=O)(=O)c1ccc([C@H](CO)NC(=O)c2ccc(N3CCC(c4ccc(C(F)(F)F)cc4)C3)nc2)cc1. The van der Waals surface area contributed by atoms with Gasteiger partial charge in [0.15, 0.2) is 9.84 Å². The van der Waals surface area contributed by atoms with Crippen molar-refractivity contribution in [3.63, 3.8) is 0 Å². The molecule has 2 aromatic carbocycles. The Hall–Kier alpha value is -3.44. The lowest BCUT2D eigenvalue weighted by Gasteiger charge is -2.19. The first-order chi connectivity index (χ1) is 18.0. The number of nitrogens with zero attached hydrogens (tertiary/aromatic N) is 2. The third-order valence-corrected chi connectivity index (χ3v) is 8.49. The van der Waals surface area contributed by atoms with E-state index in [1.54, 1.807) is 31.2 Å². The van der Waals surface area contributed by atoms with Crippen LogP contribution in [0.2, 0.25) is 0 Å². The number of aliphatic hydroxyl groups is 1. The number of pyridine rings is 1. The van der Waals surface area contributed by atoms with Gasteiger partial charge in [-0.3, -0.25) is 4.79 Å². The van der Waals surface area contributed by atoms with Crippen LogP contribution >= 0.6 is 0 Å². The number of carbonyl (C=O) groups excluding carboxylic acids is 1. The van der Waals surface area contributed by atoms with Gasteiger partial charge < -0.3 is 15.3 Å². The van der Waals surface area contributed by atoms with Gasteiger partial charge in [-0.25, -0.2) is 13.4 Å². The first-order valence-electron chi connectivity index (χ1n) is 12.1. The van der Waals surface area contributed by atoms with E-state index < -0.39 is 33.5 Å². The average Bonchev–Trinajstić information content (AvgIpc) is 3.42. The number of hydrogen-bond donors (Lipinski definition) is 2. The predicted molar refractivity (Wildman–Crippen MR) is 137 cm³/mol. The Bertz CT molecular complexity index is 1360. The fraction of sp³-hybridized carbons (Fsp3) is 0.333. The molecule has 2 N–H and O–H groups in total. The molecule has 0 spiro atoms. The number of aromatic nitrogens is 1. The Balaban J connectivity index is 1.38. The molecule has 0 aliphatic carbocycles. The summed E-state index contributed by atoms with van der Waals surface area (Å²) in [7, 11) is -3.35. The van der Waals surface area contributed by atoms with Crippen molar-refractivity contribution < 1.29 is 31.5 Å². The molecule has 3 aromatic rings. The van der Waals surface area contributed by atoms with E-state index in [4.69, 9.17) is 0 Å². The minimum atomic E-state index is -4.36. The Morgan fingerprint density at radius 3 is 2.34 bits per heavy atom. The Morgan fingerprint density at radius 2 is 1.79 bits per heavy atom. The zero-order chi connectivity index (χ0) is 27.5. The Labute approximate surface area is 219 Å². The van der Waals surface area contributed by atoms with E-state index >= 15 is 0 Å². The maximum atomic E-state index is 12.8. The number of aliphatic hydroxyl groups excluding tert-OH is 1. The smallest absolute Gasteiger partial charge is 0.394 e. The number of halogens is 3. The summed E-state index contributed by atoms with van der Waals surface area (Å²) in [5.74, 6) is 0.258. The van der Waals surface area contributed by atoms with Crippen LogP contribution in [-0.4, -0.2) is 49.9 Å². The lowest BCUT2D eigenvalue weighted by molar-refractivity contribution is -0.137. The summed E-state index contributed by atoms with van der Waals surface area (Å²) in [5, 5.41) is 12.5. The number of carbonyl (C=O) groups is 1. The molecule has 1 unspecified atom stereocenters. The third kappa shape index (κ3) is 6.16. The minimum Gasteiger partial charge on any atom is -0.394 e. The van der Waals surface area contributed by atoms with Crippen molar-refractivity contribution in [1.29, 1.82) is 0 Å². The summed E-state index contributed by atoms with van der Waals surface area (Å²) in [6.45, 7) is 2.46. The van der Waals surface area contributed by atoms with Crippen molar-refractivity contribution in [2.45, 2.75) is 36.4 Å². The lowest BCUT2D eigenvalue weighted by Crippen LogP contribution is -2.31. The van der Waals surface area contributed by atoms with Gasteiger partial charge in [0, 0.05) is 25.2 Å². The molecule has 1 saturated heterocycles. The summed E-state index contributed by atoms with van der Waals surface area (Å²) in [6, 6.07) is 13.9. The largest absolute Gasteiger partial charge is 0.416 e. The molecule has 0 radical (unpaired) electrons. The number of hydrogen-bond acceptors (Lipinski definition) is 6. The van der Waals surface area contributed by atoms with E-state index in [-0.39, 0.29) is 28.7 Å². The van der Waals surface area contributed by atoms with Gasteiger partial charge in [-0.05, 0) is 53.9 Å². The molecule has 202 valence electrons. The highest BCUT2D eigenvalue weighted by atomic mass is 32.2. The molecule has 0 saturated carbocycles. The van der Waals surface area contributed by atoms with Crippen molar-refractivity contribution in [3.8, 4) is 0 Å². The molecule has 4 rings (SSSR count). The van der Waals surface area contributed by atoms with Crippen molar-refractivity contribution >= 4 is 21.6 Å². The highest BCUT2D eigenvalue weighted by Crippen LogP contribution is 2.33. The number of anilines is 1. The topological polar surface area (TPSA) is 99.6 Å². The Kier molecular flexibility index (Phi) is 8.08. The molecule has 1 aromatic heterocycles. The van der Waals surface area contributed by atoms with Crippen LogP contribution in [0.1, 0.15) is 52.4 Å². The number of sulfone groups is 1. The predicted octanol–water partition coefficient (Wildman–Crippen LogP) is 4.35. The molecule has 2 atom stereocenters. The van der Waals surface area contributed by atoms with Crippen molar-refractivity contribution in [3.05, 3.63) is 89.1 Å². The summed E-state index contributed by atoms with van der Waals surface area (Å²) >= 11 is 0. The number of nitrogens with one attached hydrogen (secondary N) is 1. The third-order valence-electron chi connectivity index (χ3n) is 6.74. The van der Waals surface area contributed by atoms with Crippen LogP contribution in [0.4, 0.5) is 19.0 Å². The molecule has 1 aliphatic rings. The molecule has 1 aliphatic heterocycles. The molecule has 2 heterocycles. The van der Waals surface area contributed by atoms with Crippen LogP contribution in [0, 0.1) is 0 Å². The molecule has 1 amide bonds. The van der Waals surface area contributed by atoms with E-state index in [1.165, 1.54) is 30.5 Å². The van der Waals surface area contributed by atoms with Gasteiger partial charge in [0.1, 0.15) is 5.82 Å². The summed E-state index contributed by atoms with van der Waals surface area (Å²) < 4.78 is 62.5. The molecule has 11 heteroatoms. The minimum absolute atomic E-state index is 0.0252. The summed E-state index contributed by atoms with van der Waals surface area (Å²) in [5.41, 5.74) is 1.02. The molecular weight excluding hydrogens is 519 g/mol.